The van der Waals surface area contributed by atoms with Gasteiger partial charge in [0.05, 0.1) is 44.5 Å². The number of imidazole rings is 2. The number of benzene rings is 2. The number of amides is 3. The van der Waals surface area contributed by atoms with Crippen molar-refractivity contribution in [1.82, 2.24) is 48.9 Å². The molecule has 6 aromatic heterocycles. The molecule has 3 amide bonds. The summed E-state index contributed by atoms with van der Waals surface area (Å²) in [6.45, 7) is 13.0. The van der Waals surface area contributed by atoms with Crippen molar-refractivity contribution in [2.75, 3.05) is 58.0 Å². The van der Waals surface area contributed by atoms with Gasteiger partial charge in [-0.2, -0.15) is 15.2 Å². The Hall–Kier alpha value is -13.8. The van der Waals surface area contributed by atoms with Gasteiger partial charge >= 0.3 is 18.2 Å². The van der Waals surface area contributed by atoms with Crippen LogP contribution in [0.15, 0.2) is 94.5 Å². The minimum Gasteiger partial charge on any atom is -0.477 e. The van der Waals surface area contributed by atoms with Crippen LogP contribution in [0.5, 0.6) is 0 Å². The Bertz CT molecular complexity index is 3590. The summed E-state index contributed by atoms with van der Waals surface area (Å²) in [6, 6.07) is 20.9. The Kier molecular flexibility index (Phi) is 219. The lowest BCUT2D eigenvalue weighted by Gasteiger charge is -2.35. The first-order chi connectivity index (χ1) is 65.3. The van der Waals surface area contributed by atoms with Crippen LogP contribution >= 0.6 is 0 Å². The fraction of sp³-hybridized carbons (Fsp3) is 0.308. The molecule has 2 aliphatic rings. The molecule has 0 atom stereocenters. The fourth-order valence-electron chi connectivity index (χ4n) is 8.13. The normalized spacial score (nSPS) is 8.60. The van der Waals surface area contributed by atoms with E-state index >= 15 is 0 Å². The van der Waals surface area contributed by atoms with Crippen molar-refractivity contribution in [2.45, 2.75) is 57.8 Å². The monoisotopic (exact) mass is 2140 g/mol. The number of hydrogen-bond acceptors (Lipinski definition) is 16. The highest BCUT2D eigenvalue weighted by Gasteiger charge is 2.37. The van der Waals surface area contributed by atoms with E-state index in [1.807, 2.05) is 68.6 Å². The molecule has 798 valence electrons. The van der Waals surface area contributed by atoms with Gasteiger partial charge in [0.15, 0.2) is 5.69 Å². The highest BCUT2D eigenvalue weighted by atomic mass is 20.1. The molecule has 8 heterocycles. The number of carbonyl (C=O) groups is 4. The van der Waals surface area contributed by atoms with Crippen LogP contribution in [0.3, 0.4) is 0 Å². The lowest BCUT2D eigenvalue weighted by Crippen LogP contribution is -2.48. The van der Waals surface area contributed by atoms with E-state index in [9.17, 15) is 19.2 Å². The van der Waals surface area contributed by atoms with Crippen molar-refractivity contribution < 1.29 is 313 Å². The number of carboxylic acids is 1. The van der Waals surface area contributed by atoms with Gasteiger partial charge in [-0.1, -0.05) is 46.7 Å². The summed E-state index contributed by atoms with van der Waals surface area (Å²) in [7, 11) is 2.71. The maximum atomic E-state index is 13.2. The van der Waals surface area contributed by atoms with E-state index in [-0.39, 0.29) is 40.3 Å². The highest BCUT2D eigenvalue weighted by Crippen LogP contribution is 2.31. The first-order valence-electron chi connectivity index (χ1n) is 27.9. The molecule has 10 rings (SSSR count). The Morgan fingerprint density at radius 2 is 0.746 bits per heavy atom. The fourth-order valence-corrected chi connectivity index (χ4v) is 8.13. The number of unbranched alkanes of at least 4 members (excludes halogenated alkanes) is 1. The first-order valence-corrected chi connectivity index (χ1v) is 27.9. The smallest absolute Gasteiger partial charge is 0.409 e. The second kappa shape index (κ2) is 163. The van der Waals surface area contributed by atoms with E-state index in [1.165, 1.54) is 20.4 Å². The molecule has 2 aliphatic heterocycles. The number of halogens is 59. The maximum absolute atomic E-state index is 13.2. The predicted molar refractivity (Wildman–Crippen MR) is 337 cm³/mol. The minimum atomic E-state index is -0.990. The number of nitrogen functional groups attached to an aromatic ring is 1. The van der Waals surface area contributed by atoms with E-state index in [0.717, 1.165) is 53.5 Å². The number of pyridine rings is 2. The number of fused-ring (bicyclic) bond motifs is 2. The zero-order valence-corrected chi connectivity index (χ0v) is 63.8. The molecule has 0 unspecified atom stereocenters. The van der Waals surface area contributed by atoms with E-state index in [4.69, 9.17) is 302 Å². The van der Waals surface area contributed by atoms with Crippen molar-refractivity contribution in [3.8, 4) is 28.8 Å². The van der Waals surface area contributed by atoms with Crippen LogP contribution in [0, 0.1) is 31.8 Å². The molecule has 2 aromatic carbocycles. The molecule has 2 saturated heterocycles. The standard InChI is InChI=1S/C26H25N7O4.C14H16N4O3.C12H11N3O2.29F2.FH/c1-16-6-8-18(23-30-25(37-31-23)19-14-32(15-19)26(35)36-2)11-20(16)29-24(34)21-12-28-22-9-7-17(13-33(21)22)5-3-4-10-27;1-8-3-4-9(5-11(8)15)12-16-13(21-17-12)10-6-18(7-10)14(19)20-2;1-13-6-2-3-9-4-5-11-14-7-10(12(16)17)15(11)8-9;29*1-2;/h6-9,11-13,19H,3-5,14-15H2,1-2H3,(H,29,34);3-5,10H,6-7,15H2,1-2H3;4-5,7-8H,2-3,6H2,(H,16,17);;;;;;;;;;;;;;;;;;;;;;;;;;;;;;1H. The molecule has 4 N–H and O–H groups in total. The molecule has 134 heavy (non-hydrogen) atoms. The third-order valence-electron chi connectivity index (χ3n) is 12.6. The number of anilines is 2. The highest BCUT2D eigenvalue weighted by molar-refractivity contribution is 6.04. The van der Waals surface area contributed by atoms with Gasteiger partial charge in [0, 0.05) is 339 Å². The Labute approximate surface area is 700 Å². The summed E-state index contributed by atoms with van der Waals surface area (Å²) in [5.74, 6) is 0.635. The lowest BCUT2D eigenvalue weighted by molar-refractivity contribution is 0.0688. The molecule has 0 spiro atoms. The quantitative estimate of drug-likeness (QED) is 0.0418. The molecule has 23 nitrogen and oxygen atoms in total. The minimum absolute atomic E-state index is 0. The van der Waals surface area contributed by atoms with Crippen LogP contribution < -0.4 is 11.1 Å². The Morgan fingerprint density at radius 3 is 1.04 bits per heavy atom. The number of nitrogens with one attached hydrogen (secondary N) is 1. The Morgan fingerprint density at radius 1 is 0.455 bits per heavy atom. The molecule has 2 fully saturated rings. The summed E-state index contributed by atoms with van der Waals surface area (Å²) >= 11 is 0. The number of aromatic carboxylic acids is 1. The second-order valence-electron chi connectivity index (χ2n) is 17.7. The summed E-state index contributed by atoms with van der Waals surface area (Å²) in [4.78, 5) is 70.7. The summed E-state index contributed by atoms with van der Waals surface area (Å²) in [6.07, 6.45) is 9.39. The lowest BCUT2D eigenvalue weighted by atomic mass is 10.0. The molecule has 0 bridgehead atoms. The van der Waals surface area contributed by atoms with Crippen molar-refractivity contribution in [2.24, 2.45) is 0 Å². The number of ether oxygens (including phenoxy) is 2. The number of rotatable bonds is 13. The van der Waals surface area contributed by atoms with Crippen molar-refractivity contribution in [3.05, 3.63) is 142 Å². The van der Waals surface area contributed by atoms with Crippen LogP contribution in [-0.2, 0) is 22.3 Å². The largest absolute Gasteiger partial charge is 0.477 e. The molecule has 82 heteroatoms. The van der Waals surface area contributed by atoms with E-state index in [2.05, 4.69) is 51.2 Å². The van der Waals surface area contributed by atoms with Crippen molar-refractivity contribution >= 4 is 46.7 Å². The van der Waals surface area contributed by atoms with E-state index < -0.39 is 5.97 Å². The van der Waals surface area contributed by atoms with E-state index in [0.29, 0.717) is 96.5 Å². The van der Waals surface area contributed by atoms with Gasteiger partial charge in [0.2, 0.25) is 30.0 Å². The summed E-state index contributed by atoms with van der Waals surface area (Å²) < 4.78 is 487. The number of aryl methyl sites for hydroxylation is 4. The Balaban J connectivity index is -0.0000000528. The van der Waals surface area contributed by atoms with Gasteiger partial charge in [-0.25, -0.2) is 30.9 Å². The van der Waals surface area contributed by atoms with Crippen LogP contribution in [-0.4, -0.2) is 125 Å². The van der Waals surface area contributed by atoms with Crippen LogP contribution in [0.2, 0.25) is 0 Å². The molecule has 0 aliphatic carbocycles. The number of likely N-dealkylation sites (tertiary alicyclic amines) is 2. The number of carboxylic acid groups (broad SMARTS) is 1. The first kappa shape index (κ1) is 181. The number of nitrogens with zero attached hydrogens (tertiary/aromatic N) is 12. The third-order valence-corrected chi connectivity index (χ3v) is 12.6. The maximum Gasteiger partial charge on any atom is 0.409 e. The number of aromatic nitrogens is 8. The van der Waals surface area contributed by atoms with Gasteiger partial charge in [0.25, 0.3) is 5.91 Å². The second-order valence-corrected chi connectivity index (χ2v) is 17.7. The number of hydrogen-bond donors (Lipinski definition) is 3. The number of nitrogens with two attached hydrogens (primary N) is 1. The van der Waals surface area contributed by atoms with Crippen LogP contribution in [0.1, 0.15) is 86.1 Å². The summed E-state index contributed by atoms with van der Waals surface area (Å²) in [5, 5.41) is 28.8. The SMILES string of the molecule is COC(=O)N1CC(c2nc(-c3ccc(C)c(N)c3)no2)C1.COC(=O)N1CC(c2nc(-c3ccc(C)c(NC(=O)c4cnc5ccc(CCCC#N)cn45)c3)no2)C1.F.FF.FF.FF.FF.FF.FF.FF.FF.FF.FF.FF.FF.FF.FF.FF.FF.FF.FF.FF.FF.FF.FF.FF.FF.FF.FF.FF.FF.FF.[C-]#[N+]CCCc1ccc2ncc(C(=O)O)n2c1. The van der Waals surface area contributed by atoms with Crippen molar-refractivity contribution in [1.29, 1.82) is 5.26 Å². The van der Waals surface area contributed by atoms with Gasteiger partial charge < -0.3 is 49.3 Å². The van der Waals surface area contributed by atoms with Gasteiger partial charge in [-0.05, 0) is 79.6 Å². The molecule has 0 radical (unpaired) electrons. The van der Waals surface area contributed by atoms with Gasteiger partial charge in [-0.15, -0.1) is 0 Å². The number of carbonyl (C=O) groups excluding carboxylic acids is 3. The topological polar surface area (TPSA) is 292 Å². The molecule has 8 aromatic rings. The molecule has 0 saturated carbocycles. The van der Waals surface area contributed by atoms with Gasteiger partial charge in [0.1, 0.15) is 17.0 Å². The molecular formula is C52H53F59N14O9. The predicted octanol–water partition coefficient (Wildman–Crippen LogP) is 32.2. The summed E-state index contributed by atoms with van der Waals surface area (Å²) in [5.41, 5.74) is 14.5. The van der Waals surface area contributed by atoms with E-state index in [1.54, 1.807) is 43.1 Å². The van der Waals surface area contributed by atoms with Crippen molar-refractivity contribution in [3.63, 3.8) is 0 Å². The van der Waals surface area contributed by atoms with Gasteiger partial charge in [-0.3, -0.25) is 18.3 Å². The number of nitriles is 1. The van der Waals surface area contributed by atoms with Crippen LogP contribution in [0.4, 0.5) is 291 Å². The zero-order chi connectivity index (χ0) is 111. The average Bonchev–Trinajstić information content (AvgIpc) is 1.65. The average molecular weight is 2140 g/mol. The van der Waals surface area contributed by atoms with Crippen LogP contribution in [0.25, 0.3) is 38.9 Å². The molecular weight excluding hydrogens is 2090 g/mol. The number of methoxy groups -OCH3 is 2. The zero-order valence-electron chi connectivity index (χ0n) is 63.8. The third kappa shape index (κ3) is 82.6.